The first-order chi connectivity index (χ1) is 8.46. The highest BCUT2D eigenvalue weighted by Gasteiger charge is 2.32. The monoisotopic (exact) mass is 253 g/mol. The van der Waals surface area contributed by atoms with E-state index in [2.05, 4.69) is 4.74 Å². The molecule has 0 amide bonds. The van der Waals surface area contributed by atoms with Gasteiger partial charge in [0.15, 0.2) is 0 Å². The molecule has 2 aromatic rings. The van der Waals surface area contributed by atoms with Crippen LogP contribution in [0, 0.1) is 0 Å². The summed E-state index contributed by atoms with van der Waals surface area (Å²) in [5.74, 6) is -0.297. The zero-order valence-corrected chi connectivity index (χ0v) is 9.24. The molecule has 0 saturated heterocycles. The lowest BCUT2D eigenvalue weighted by atomic mass is 10.0. The normalized spacial score (nSPS) is 11.3. The Morgan fingerprint density at radius 1 is 0.944 bits per heavy atom. The average molecular weight is 253 g/mol. The molecule has 0 heterocycles. The fourth-order valence-corrected chi connectivity index (χ4v) is 1.60. The first-order valence-corrected chi connectivity index (χ1v) is 5.16. The molecule has 0 fully saturated rings. The predicted molar refractivity (Wildman–Crippen MR) is 63.0 cm³/mol. The molecule has 0 saturated carbocycles. The van der Waals surface area contributed by atoms with Crippen molar-refractivity contribution in [2.75, 3.05) is 5.73 Å². The standard InChI is InChI=1S/C13H10F3NO/c14-13(15,16)18-12-8-10(17)6-7-11(12)9-4-2-1-3-5-9/h1-8H,17H2. The number of anilines is 1. The molecule has 5 heteroatoms. The van der Waals surface area contributed by atoms with Gasteiger partial charge in [-0.2, -0.15) is 0 Å². The van der Waals surface area contributed by atoms with Gasteiger partial charge < -0.3 is 10.5 Å². The Bertz CT molecular complexity index is 538. The van der Waals surface area contributed by atoms with Gasteiger partial charge in [0, 0.05) is 17.3 Å². The molecule has 0 aliphatic heterocycles. The van der Waals surface area contributed by atoms with Crippen LogP contribution in [0.2, 0.25) is 0 Å². The molecule has 2 rings (SSSR count). The number of hydrogen-bond acceptors (Lipinski definition) is 2. The predicted octanol–water partition coefficient (Wildman–Crippen LogP) is 3.83. The first kappa shape index (κ1) is 12.3. The SMILES string of the molecule is Nc1ccc(-c2ccccc2)c(OC(F)(F)F)c1. The van der Waals surface area contributed by atoms with Crippen LogP contribution in [0.1, 0.15) is 0 Å². The molecule has 0 aliphatic carbocycles. The minimum atomic E-state index is -4.74. The van der Waals surface area contributed by atoms with Crippen LogP contribution in [0.4, 0.5) is 18.9 Å². The Kier molecular flexibility index (Phi) is 3.14. The maximum absolute atomic E-state index is 12.3. The Morgan fingerprint density at radius 3 is 2.22 bits per heavy atom. The van der Waals surface area contributed by atoms with E-state index in [1.165, 1.54) is 12.1 Å². The lowest BCUT2D eigenvalue weighted by molar-refractivity contribution is -0.274. The third-order valence-electron chi connectivity index (χ3n) is 2.32. The van der Waals surface area contributed by atoms with Gasteiger partial charge in [0.2, 0.25) is 0 Å². The summed E-state index contributed by atoms with van der Waals surface area (Å²) in [4.78, 5) is 0. The van der Waals surface area contributed by atoms with Crippen LogP contribution >= 0.6 is 0 Å². The molecule has 2 N–H and O–H groups in total. The van der Waals surface area contributed by atoms with E-state index in [0.29, 0.717) is 11.1 Å². The van der Waals surface area contributed by atoms with Gasteiger partial charge in [-0.3, -0.25) is 0 Å². The second kappa shape index (κ2) is 4.60. The van der Waals surface area contributed by atoms with Crippen molar-refractivity contribution in [3.63, 3.8) is 0 Å². The third-order valence-corrected chi connectivity index (χ3v) is 2.32. The van der Waals surface area contributed by atoms with Gasteiger partial charge in [-0.15, -0.1) is 13.2 Å². The summed E-state index contributed by atoms with van der Waals surface area (Å²) in [7, 11) is 0. The van der Waals surface area contributed by atoms with Crippen LogP contribution in [0.3, 0.4) is 0 Å². The summed E-state index contributed by atoms with van der Waals surface area (Å²) in [6, 6.07) is 12.9. The lowest BCUT2D eigenvalue weighted by Gasteiger charge is -2.14. The molecule has 0 bridgehead atoms. The Balaban J connectivity index is 2.47. The van der Waals surface area contributed by atoms with Crippen molar-refractivity contribution in [1.82, 2.24) is 0 Å². The van der Waals surface area contributed by atoms with Crippen molar-refractivity contribution >= 4 is 5.69 Å². The average Bonchev–Trinajstić information content (AvgIpc) is 2.28. The van der Waals surface area contributed by atoms with Crippen LogP contribution in [-0.2, 0) is 0 Å². The molecule has 0 unspecified atom stereocenters. The van der Waals surface area contributed by atoms with Gasteiger partial charge in [0.1, 0.15) is 5.75 Å². The van der Waals surface area contributed by atoms with E-state index in [1.54, 1.807) is 30.3 Å². The number of benzene rings is 2. The highest BCUT2D eigenvalue weighted by atomic mass is 19.4. The van der Waals surface area contributed by atoms with Crippen molar-refractivity contribution in [2.24, 2.45) is 0 Å². The first-order valence-electron chi connectivity index (χ1n) is 5.16. The number of rotatable bonds is 2. The molecule has 0 spiro atoms. The van der Waals surface area contributed by atoms with Gasteiger partial charge in [0.05, 0.1) is 0 Å². The quantitative estimate of drug-likeness (QED) is 0.825. The van der Waals surface area contributed by atoms with E-state index in [1.807, 2.05) is 0 Å². The zero-order chi connectivity index (χ0) is 13.2. The highest BCUT2D eigenvalue weighted by molar-refractivity contribution is 5.72. The van der Waals surface area contributed by atoms with Gasteiger partial charge in [0.25, 0.3) is 0 Å². The van der Waals surface area contributed by atoms with Crippen molar-refractivity contribution in [1.29, 1.82) is 0 Å². The molecule has 0 atom stereocenters. The minimum Gasteiger partial charge on any atom is -0.405 e. The third kappa shape index (κ3) is 2.94. The molecule has 0 aliphatic rings. The van der Waals surface area contributed by atoms with Crippen molar-refractivity contribution < 1.29 is 17.9 Å². The van der Waals surface area contributed by atoms with E-state index >= 15 is 0 Å². The molecule has 0 radical (unpaired) electrons. The van der Waals surface area contributed by atoms with Crippen LogP contribution in [0.5, 0.6) is 5.75 Å². The summed E-state index contributed by atoms with van der Waals surface area (Å²) in [6.07, 6.45) is -4.74. The maximum atomic E-state index is 12.3. The Morgan fingerprint density at radius 2 is 1.61 bits per heavy atom. The van der Waals surface area contributed by atoms with Gasteiger partial charge in [-0.25, -0.2) is 0 Å². The summed E-state index contributed by atoms with van der Waals surface area (Å²) >= 11 is 0. The number of hydrogen-bond donors (Lipinski definition) is 1. The molecule has 18 heavy (non-hydrogen) atoms. The number of alkyl halides is 3. The fraction of sp³-hybridized carbons (Fsp3) is 0.0769. The maximum Gasteiger partial charge on any atom is 0.573 e. The van der Waals surface area contributed by atoms with Gasteiger partial charge in [-0.05, 0) is 17.7 Å². The van der Waals surface area contributed by atoms with Crippen LogP contribution < -0.4 is 10.5 Å². The number of halogens is 3. The number of nitrogen functional groups attached to an aromatic ring is 1. The number of nitrogens with two attached hydrogens (primary N) is 1. The molecule has 2 aromatic carbocycles. The van der Waals surface area contributed by atoms with Crippen molar-refractivity contribution in [3.05, 3.63) is 48.5 Å². The topological polar surface area (TPSA) is 35.2 Å². The number of ether oxygens (including phenoxy) is 1. The largest absolute Gasteiger partial charge is 0.573 e. The lowest BCUT2D eigenvalue weighted by Crippen LogP contribution is -2.17. The summed E-state index contributed by atoms with van der Waals surface area (Å²) in [6.45, 7) is 0. The van der Waals surface area contributed by atoms with E-state index in [4.69, 9.17) is 5.73 Å². The van der Waals surface area contributed by atoms with Crippen molar-refractivity contribution in [3.8, 4) is 16.9 Å². The summed E-state index contributed by atoms with van der Waals surface area (Å²) < 4.78 is 40.9. The fourth-order valence-electron chi connectivity index (χ4n) is 1.60. The molecule has 94 valence electrons. The second-order valence-corrected chi connectivity index (χ2v) is 3.67. The molecule has 2 nitrogen and oxygen atoms in total. The van der Waals surface area contributed by atoms with Crippen LogP contribution in [-0.4, -0.2) is 6.36 Å². The smallest absolute Gasteiger partial charge is 0.405 e. The zero-order valence-electron chi connectivity index (χ0n) is 9.24. The Labute approximate surface area is 102 Å². The van der Waals surface area contributed by atoms with Gasteiger partial charge in [-0.1, -0.05) is 30.3 Å². The van der Waals surface area contributed by atoms with Crippen molar-refractivity contribution in [2.45, 2.75) is 6.36 Å². The molecular weight excluding hydrogens is 243 g/mol. The second-order valence-electron chi connectivity index (χ2n) is 3.67. The van der Waals surface area contributed by atoms with Gasteiger partial charge >= 0.3 is 6.36 Å². The highest BCUT2D eigenvalue weighted by Crippen LogP contribution is 2.35. The van der Waals surface area contributed by atoms with Crippen LogP contribution in [0.25, 0.3) is 11.1 Å². The summed E-state index contributed by atoms with van der Waals surface area (Å²) in [5.41, 5.74) is 6.68. The minimum absolute atomic E-state index is 0.217. The summed E-state index contributed by atoms with van der Waals surface area (Å²) in [5, 5.41) is 0. The van der Waals surface area contributed by atoms with E-state index in [-0.39, 0.29) is 11.4 Å². The van der Waals surface area contributed by atoms with E-state index in [9.17, 15) is 13.2 Å². The molecule has 0 aromatic heterocycles. The Hall–Kier alpha value is -2.17. The van der Waals surface area contributed by atoms with Crippen LogP contribution in [0.15, 0.2) is 48.5 Å². The molecular formula is C13H10F3NO. The van der Waals surface area contributed by atoms with E-state index < -0.39 is 6.36 Å². The van der Waals surface area contributed by atoms with E-state index in [0.717, 1.165) is 6.07 Å².